The lowest BCUT2D eigenvalue weighted by Gasteiger charge is -2.31. The number of halogens is 1. The van der Waals surface area contributed by atoms with Crippen LogP contribution in [0.1, 0.15) is 37.2 Å². The Morgan fingerprint density at radius 1 is 1.21 bits per heavy atom. The Morgan fingerprint density at radius 2 is 2.05 bits per heavy atom. The molecule has 0 bridgehead atoms. The summed E-state index contributed by atoms with van der Waals surface area (Å²) in [5, 5.41) is 2.87. The third kappa shape index (κ3) is 2.37. The zero-order valence-electron chi connectivity index (χ0n) is 10.4. The van der Waals surface area contributed by atoms with E-state index in [1.54, 1.807) is 0 Å². The molecule has 0 saturated carbocycles. The van der Waals surface area contributed by atoms with Crippen molar-refractivity contribution in [1.82, 2.24) is 5.32 Å². The van der Waals surface area contributed by atoms with Crippen LogP contribution in [0, 0.1) is 0 Å². The molecule has 0 spiro atoms. The number of allylic oxidation sites excluding steroid dienone is 2. The largest absolute Gasteiger partial charge is 0.329 e. The van der Waals surface area contributed by atoms with Crippen molar-refractivity contribution >= 4 is 27.6 Å². The van der Waals surface area contributed by atoms with E-state index >= 15 is 0 Å². The molecular formula is C15H14BrNO2. The minimum absolute atomic E-state index is 0.0124. The van der Waals surface area contributed by atoms with E-state index in [-0.39, 0.29) is 17.6 Å². The molecule has 0 saturated heterocycles. The summed E-state index contributed by atoms with van der Waals surface area (Å²) in [4.78, 5) is 24.0. The highest BCUT2D eigenvalue weighted by Crippen LogP contribution is 2.38. The fraction of sp³-hybridized carbons (Fsp3) is 0.333. The van der Waals surface area contributed by atoms with Crippen molar-refractivity contribution in [3.05, 3.63) is 45.6 Å². The number of hydrogen-bond donors (Lipinski definition) is 1. The van der Waals surface area contributed by atoms with Crippen LogP contribution in [0.2, 0.25) is 0 Å². The zero-order valence-corrected chi connectivity index (χ0v) is 12.0. The second-order valence-corrected chi connectivity index (χ2v) is 5.94. The van der Waals surface area contributed by atoms with E-state index in [1.165, 1.54) is 0 Å². The van der Waals surface area contributed by atoms with E-state index in [4.69, 9.17) is 0 Å². The Bertz CT molecular complexity index is 592. The molecule has 1 aliphatic carbocycles. The predicted molar refractivity (Wildman–Crippen MR) is 75.5 cm³/mol. The van der Waals surface area contributed by atoms with E-state index in [9.17, 15) is 9.59 Å². The van der Waals surface area contributed by atoms with Gasteiger partial charge in [0.1, 0.15) is 0 Å². The average molecular weight is 320 g/mol. The van der Waals surface area contributed by atoms with Gasteiger partial charge >= 0.3 is 0 Å². The van der Waals surface area contributed by atoms with Crippen LogP contribution in [-0.4, -0.2) is 11.7 Å². The molecular weight excluding hydrogens is 306 g/mol. The molecule has 1 aliphatic heterocycles. The van der Waals surface area contributed by atoms with Gasteiger partial charge in [0, 0.05) is 34.5 Å². The minimum atomic E-state index is -0.0888. The molecule has 0 aromatic heterocycles. The van der Waals surface area contributed by atoms with Crippen LogP contribution >= 0.6 is 15.9 Å². The first-order valence-corrected chi connectivity index (χ1v) is 7.26. The molecule has 0 fully saturated rings. The standard InChI is InChI=1S/C15H14BrNO2/c16-10-4-1-3-9(7-10)11-8-14(19)17-12-5-2-6-13(18)15(11)12/h1,3-4,7,11H,2,5-6,8H2,(H,17,19)/t11-/m0/s1. The number of ketones is 1. The summed E-state index contributed by atoms with van der Waals surface area (Å²) < 4.78 is 0.974. The SMILES string of the molecule is O=C1C[C@@H](c2cccc(Br)c2)C2=C(CCCC2=O)N1. The van der Waals surface area contributed by atoms with E-state index in [0.717, 1.165) is 34.1 Å². The summed E-state index contributed by atoms with van der Waals surface area (Å²) in [6.45, 7) is 0. The highest BCUT2D eigenvalue weighted by atomic mass is 79.9. The fourth-order valence-electron chi connectivity index (χ4n) is 2.91. The zero-order chi connectivity index (χ0) is 13.4. The van der Waals surface area contributed by atoms with Crippen LogP contribution < -0.4 is 5.32 Å². The van der Waals surface area contributed by atoms with Gasteiger partial charge < -0.3 is 5.32 Å². The number of rotatable bonds is 1. The number of amides is 1. The number of carbonyl (C=O) groups excluding carboxylic acids is 2. The molecule has 1 aromatic rings. The molecule has 1 heterocycles. The normalized spacial score (nSPS) is 23.1. The van der Waals surface area contributed by atoms with Gasteiger partial charge in [0.15, 0.2) is 5.78 Å². The van der Waals surface area contributed by atoms with Gasteiger partial charge in [-0.15, -0.1) is 0 Å². The maximum absolute atomic E-state index is 12.2. The highest BCUT2D eigenvalue weighted by Gasteiger charge is 2.34. The number of benzene rings is 1. The van der Waals surface area contributed by atoms with Crippen LogP contribution in [0.4, 0.5) is 0 Å². The molecule has 2 aliphatic rings. The Labute approximate surface area is 120 Å². The molecule has 1 aromatic carbocycles. The summed E-state index contributed by atoms with van der Waals surface area (Å²) in [6.07, 6.45) is 2.60. The van der Waals surface area contributed by atoms with E-state index < -0.39 is 0 Å². The van der Waals surface area contributed by atoms with Gasteiger partial charge in [0.2, 0.25) is 5.91 Å². The number of hydrogen-bond acceptors (Lipinski definition) is 2. The lowest BCUT2D eigenvalue weighted by molar-refractivity contribution is -0.122. The number of Topliss-reactive ketones (excluding diaryl/α,β-unsaturated/α-hetero) is 1. The number of nitrogens with one attached hydrogen (secondary N) is 1. The molecule has 0 unspecified atom stereocenters. The molecule has 3 nitrogen and oxygen atoms in total. The van der Waals surface area contributed by atoms with Gasteiger partial charge in [-0.2, -0.15) is 0 Å². The van der Waals surface area contributed by atoms with Crippen molar-refractivity contribution in [2.24, 2.45) is 0 Å². The van der Waals surface area contributed by atoms with Crippen molar-refractivity contribution in [3.63, 3.8) is 0 Å². The lowest BCUT2D eigenvalue weighted by atomic mass is 9.78. The predicted octanol–water partition coefficient (Wildman–Crippen LogP) is 3.06. The Morgan fingerprint density at radius 3 is 2.84 bits per heavy atom. The first-order valence-electron chi connectivity index (χ1n) is 6.46. The Hall–Kier alpha value is -1.42. The minimum Gasteiger partial charge on any atom is -0.329 e. The van der Waals surface area contributed by atoms with Gasteiger partial charge in [0.05, 0.1) is 0 Å². The summed E-state index contributed by atoms with van der Waals surface area (Å²) in [6, 6.07) is 7.88. The van der Waals surface area contributed by atoms with Crippen molar-refractivity contribution in [2.75, 3.05) is 0 Å². The van der Waals surface area contributed by atoms with Gasteiger partial charge in [0.25, 0.3) is 0 Å². The van der Waals surface area contributed by atoms with Gasteiger partial charge in [-0.3, -0.25) is 9.59 Å². The summed E-state index contributed by atoms with van der Waals surface area (Å²) in [5.74, 6) is 0.110. The van der Waals surface area contributed by atoms with Gasteiger partial charge in [-0.1, -0.05) is 28.1 Å². The molecule has 1 N–H and O–H groups in total. The lowest BCUT2D eigenvalue weighted by Crippen LogP contribution is -2.36. The topological polar surface area (TPSA) is 46.2 Å². The second-order valence-electron chi connectivity index (χ2n) is 5.03. The maximum Gasteiger partial charge on any atom is 0.225 e. The van der Waals surface area contributed by atoms with E-state index in [2.05, 4.69) is 21.2 Å². The molecule has 1 amide bonds. The summed E-state index contributed by atoms with van der Waals surface area (Å²) >= 11 is 3.45. The van der Waals surface area contributed by atoms with Crippen LogP contribution in [-0.2, 0) is 9.59 Å². The first-order chi connectivity index (χ1) is 9.15. The van der Waals surface area contributed by atoms with Crippen LogP contribution in [0.3, 0.4) is 0 Å². The number of carbonyl (C=O) groups is 2. The molecule has 4 heteroatoms. The maximum atomic E-state index is 12.2. The van der Waals surface area contributed by atoms with E-state index in [1.807, 2.05) is 24.3 Å². The monoisotopic (exact) mass is 319 g/mol. The van der Waals surface area contributed by atoms with Gasteiger partial charge in [-0.25, -0.2) is 0 Å². The highest BCUT2D eigenvalue weighted by molar-refractivity contribution is 9.10. The Balaban J connectivity index is 2.08. The first kappa shape index (κ1) is 12.6. The summed E-state index contributed by atoms with van der Waals surface area (Å²) in [5.41, 5.74) is 2.70. The molecule has 98 valence electrons. The van der Waals surface area contributed by atoms with Crippen molar-refractivity contribution < 1.29 is 9.59 Å². The second kappa shape index (κ2) is 4.93. The third-order valence-electron chi connectivity index (χ3n) is 3.74. The van der Waals surface area contributed by atoms with Crippen molar-refractivity contribution in [2.45, 2.75) is 31.6 Å². The smallest absolute Gasteiger partial charge is 0.225 e. The quantitative estimate of drug-likeness (QED) is 0.864. The molecule has 1 atom stereocenters. The Kier molecular flexibility index (Phi) is 3.27. The van der Waals surface area contributed by atoms with E-state index in [0.29, 0.717) is 12.8 Å². The fourth-order valence-corrected chi connectivity index (χ4v) is 3.33. The third-order valence-corrected chi connectivity index (χ3v) is 4.23. The molecule has 3 rings (SSSR count). The van der Waals surface area contributed by atoms with Gasteiger partial charge in [-0.05, 0) is 30.5 Å². The molecule has 19 heavy (non-hydrogen) atoms. The van der Waals surface area contributed by atoms with Crippen molar-refractivity contribution in [3.8, 4) is 0 Å². The van der Waals surface area contributed by atoms with Crippen LogP contribution in [0.5, 0.6) is 0 Å². The van der Waals surface area contributed by atoms with Crippen LogP contribution in [0.25, 0.3) is 0 Å². The molecule has 0 radical (unpaired) electrons. The summed E-state index contributed by atoms with van der Waals surface area (Å²) in [7, 11) is 0. The van der Waals surface area contributed by atoms with Crippen molar-refractivity contribution in [1.29, 1.82) is 0 Å². The average Bonchev–Trinajstić information content (AvgIpc) is 2.37. The van der Waals surface area contributed by atoms with Crippen LogP contribution in [0.15, 0.2) is 40.0 Å².